The minimum Gasteiger partial charge on any atom is -0.451 e. The first-order valence-corrected chi connectivity index (χ1v) is 10.4. The van der Waals surface area contributed by atoms with Gasteiger partial charge in [-0.15, -0.1) is 0 Å². The largest absolute Gasteiger partial charge is 0.451 e. The molecule has 2 amide bonds. The molecule has 1 aliphatic rings. The maximum atomic E-state index is 12.7. The Balaban J connectivity index is 1.44. The molecule has 1 aliphatic heterocycles. The number of aromatic nitrogens is 3. The van der Waals surface area contributed by atoms with Crippen molar-refractivity contribution in [3.05, 3.63) is 59.8 Å². The van der Waals surface area contributed by atoms with Crippen LogP contribution < -0.4 is 5.32 Å². The van der Waals surface area contributed by atoms with Crippen LogP contribution in [0.1, 0.15) is 23.7 Å². The molecule has 1 N–H and O–H groups in total. The first-order valence-electron chi connectivity index (χ1n) is 10.4. The van der Waals surface area contributed by atoms with E-state index in [1.165, 1.54) is 12.0 Å². The Bertz CT molecular complexity index is 953. The summed E-state index contributed by atoms with van der Waals surface area (Å²) in [5.41, 5.74) is 4.85. The molecular formula is C22H27N5O3. The zero-order valence-electron chi connectivity index (χ0n) is 17.2. The number of carbonyl (C=O) groups excluding carboxylic acids is 1. The van der Waals surface area contributed by atoms with Crippen LogP contribution in [0.2, 0.25) is 0 Å². The van der Waals surface area contributed by atoms with Crippen LogP contribution in [0, 0.1) is 0 Å². The summed E-state index contributed by atoms with van der Waals surface area (Å²) < 4.78 is 12.6. The molecule has 0 bridgehead atoms. The van der Waals surface area contributed by atoms with Gasteiger partial charge in [0.25, 0.3) is 0 Å². The highest BCUT2D eigenvalue weighted by atomic mass is 16.5. The molecule has 0 saturated heterocycles. The number of amides is 2. The van der Waals surface area contributed by atoms with Gasteiger partial charge < -0.3 is 19.4 Å². The molecule has 158 valence electrons. The van der Waals surface area contributed by atoms with Gasteiger partial charge in [-0.3, -0.25) is 4.68 Å². The van der Waals surface area contributed by atoms with E-state index in [2.05, 4.69) is 22.4 Å². The molecule has 0 fully saturated rings. The summed E-state index contributed by atoms with van der Waals surface area (Å²) in [6.45, 7) is 5.70. The van der Waals surface area contributed by atoms with Gasteiger partial charge in [-0.1, -0.05) is 30.3 Å². The van der Waals surface area contributed by atoms with Crippen molar-refractivity contribution in [2.45, 2.75) is 32.9 Å². The molecular weight excluding hydrogens is 382 g/mol. The summed E-state index contributed by atoms with van der Waals surface area (Å²) in [6, 6.07) is 10.1. The third-order valence-electron chi connectivity index (χ3n) is 5.28. The number of hydrogen-bond donors (Lipinski definition) is 1. The molecule has 0 radical (unpaired) electrons. The van der Waals surface area contributed by atoms with E-state index in [0.717, 1.165) is 29.8 Å². The zero-order valence-corrected chi connectivity index (χ0v) is 17.2. The van der Waals surface area contributed by atoms with Crippen LogP contribution in [0.3, 0.4) is 0 Å². The number of ether oxygens (including phenoxy) is 1. The Hall–Kier alpha value is -3.13. The molecule has 0 spiro atoms. The summed E-state index contributed by atoms with van der Waals surface area (Å²) >= 11 is 0. The predicted octanol–water partition coefficient (Wildman–Crippen LogP) is 2.89. The van der Waals surface area contributed by atoms with Crippen molar-refractivity contribution < 1.29 is 13.9 Å². The minimum atomic E-state index is -0.0512. The SMILES string of the molecule is CCOCCn1nc(-c2cocn2)c2c1CCN(C(=O)NCCc1ccccc1)C2. The Morgan fingerprint density at radius 3 is 2.93 bits per heavy atom. The highest BCUT2D eigenvalue weighted by Gasteiger charge is 2.28. The molecule has 3 aromatic rings. The van der Waals surface area contributed by atoms with E-state index in [0.29, 0.717) is 45.1 Å². The highest BCUT2D eigenvalue weighted by molar-refractivity contribution is 5.75. The van der Waals surface area contributed by atoms with Crippen molar-refractivity contribution in [1.29, 1.82) is 0 Å². The Morgan fingerprint density at radius 1 is 1.30 bits per heavy atom. The number of rotatable bonds is 8. The molecule has 0 unspecified atom stereocenters. The third kappa shape index (κ3) is 4.54. The third-order valence-corrected chi connectivity index (χ3v) is 5.28. The Labute approximate surface area is 175 Å². The number of carbonyl (C=O) groups is 1. The Kier molecular flexibility index (Phi) is 6.44. The number of nitrogens with zero attached hydrogens (tertiary/aromatic N) is 4. The van der Waals surface area contributed by atoms with Gasteiger partial charge in [-0.2, -0.15) is 5.10 Å². The van der Waals surface area contributed by atoms with E-state index < -0.39 is 0 Å². The molecule has 0 saturated carbocycles. The van der Waals surface area contributed by atoms with E-state index >= 15 is 0 Å². The fraction of sp³-hybridized carbons (Fsp3) is 0.409. The molecule has 2 aromatic heterocycles. The second-order valence-electron chi connectivity index (χ2n) is 7.21. The lowest BCUT2D eigenvalue weighted by molar-refractivity contribution is 0.135. The van der Waals surface area contributed by atoms with Gasteiger partial charge in [-0.05, 0) is 18.9 Å². The normalized spacial score (nSPS) is 13.3. The molecule has 0 aliphatic carbocycles. The molecule has 8 nitrogen and oxygen atoms in total. The lowest BCUT2D eigenvalue weighted by Gasteiger charge is -2.28. The van der Waals surface area contributed by atoms with Gasteiger partial charge >= 0.3 is 6.03 Å². The first-order chi connectivity index (χ1) is 14.8. The molecule has 8 heteroatoms. The molecule has 0 atom stereocenters. The molecule has 3 heterocycles. The number of urea groups is 1. The van der Waals surface area contributed by atoms with Gasteiger partial charge in [0.2, 0.25) is 0 Å². The fourth-order valence-corrected chi connectivity index (χ4v) is 3.75. The fourth-order valence-electron chi connectivity index (χ4n) is 3.75. The van der Waals surface area contributed by atoms with Crippen LogP contribution in [0.5, 0.6) is 0 Å². The van der Waals surface area contributed by atoms with Gasteiger partial charge in [0.15, 0.2) is 6.39 Å². The number of benzene rings is 1. The van der Waals surface area contributed by atoms with Crippen molar-refractivity contribution >= 4 is 6.03 Å². The second kappa shape index (κ2) is 9.58. The topological polar surface area (TPSA) is 85.4 Å². The van der Waals surface area contributed by atoms with Crippen LogP contribution in [0.15, 0.2) is 47.4 Å². The van der Waals surface area contributed by atoms with Crippen LogP contribution in [-0.2, 0) is 30.7 Å². The van der Waals surface area contributed by atoms with Crippen molar-refractivity contribution in [2.24, 2.45) is 0 Å². The van der Waals surface area contributed by atoms with E-state index in [-0.39, 0.29) is 6.03 Å². The smallest absolute Gasteiger partial charge is 0.317 e. The minimum absolute atomic E-state index is 0.0512. The van der Waals surface area contributed by atoms with E-state index in [9.17, 15) is 4.79 Å². The quantitative estimate of drug-likeness (QED) is 0.578. The summed E-state index contributed by atoms with van der Waals surface area (Å²) in [4.78, 5) is 18.9. The van der Waals surface area contributed by atoms with Gasteiger partial charge in [0.1, 0.15) is 17.7 Å². The second-order valence-corrected chi connectivity index (χ2v) is 7.21. The monoisotopic (exact) mass is 409 g/mol. The average molecular weight is 409 g/mol. The summed E-state index contributed by atoms with van der Waals surface area (Å²) in [5, 5.41) is 7.80. The molecule has 1 aromatic carbocycles. The highest BCUT2D eigenvalue weighted by Crippen LogP contribution is 2.29. The number of nitrogens with one attached hydrogen (secondary N) is 1. The van der Waals surface area contributed by atoms with Crippen molar-refractivity contribution in [3.8, 4) is 11.4 Å². The maximum absolute atomic E-state index is 12.7. The van der Waals surface area contributed by atoms with Crippen LogP contribution in [0.25, 0.3) is 11.4 Å². The summed E-state index contributed by atoms with van der Waals surface area (Å²) in [7, 11) is 0. The van der Waals surface area contributed by atoms with E-state index in [1.807, 2.05) is 34.7 Å². The van der Waals surface area contributed by atoms with Gasteiger partial charge in [0.05, 0.1) is 19.7 Å². The van der Waals surface area contributed by atoms with Crippen molar-refractivity contribution in [2.75, 3.05) is 26.3 Å². The number of hydrogen-bond acceptors (Lipinski definition) is 5. The standard InChI is InChI=1S/C22H27N5O3/c1-2-29-13-12-27-20-9-11-26(14-18(20)21(25-27)19-15-30-16-24-19)22(28)23-10-8-17-6-4-3-5-7-17/h3-7,15-16H,2,8-14H2,1H3,(H,23,28). The zero-order chi connectivity index (χ0) is 20.8. The summed E-state index contributed by atoms with van der Waals surface area (Å²) in [5.74, 6) is 0. The van der Waals surface area contributed by atoms with Gasteiger partial charge in [-0.25, -0.2) is 9.78 Å². The van der Waals surface area contributed by atoms with Crippen LogP contribution >= 0.6 is 0 Å². The maximum Gasteiger partial charge on any atom is 0.317 e. The number of oxazole rings is 1. The predicted molar refractivity (Wildman–Crippen MR) is 112 cm³/mol. The van der Waals surface area contributed by atoms with E-state index in [1.54, 1.807) is 6.26 Å². The number of fused-ring (bicyclic) bond motifs is 1. The van der Waals surface area contributed by atoms with E-state index in [4.69, 9.17) is 14.3 Å². The lowest BCUT2D eigenvalue weighted by Crippen LogP contribution is -2.43. The average Bonchev–Trinajstić information content (AvgIpc) is 3.42. The summed E-state index contributed by atoms with van der Waals surface area (Å²) in [6.07, 6.45) is 4.55. The van der Waals surface area contributed by atoms with Gasteiger partial charge in [0, 0.05) is 37.4 Å². The van der Waals surface area contributed by atoms with Crippen LogP contribution in [0.4, 0.5) is 4.79 Å². The van der Waals surface area contributed by atoms with Crippen molar-refractivity contribution in [3.63, 3.8) is 0 Å². The molecule has 4 rings (SSSR count). The lowest BCUT2D eigenvalue weighted by atomic mass is 10.0. The van der Waals surface area contributed by atoms with Crippen LogP contribution in [-0.4, -0.2) is 52.0 Å². The Morgan fingerprint density at radius 2 is 2.17 bits per heavy atom. The molecule has 30 heavy (non-hydrogen) atoms. The first kappa shape index (κ1) is 20.2. The van der Waals surface area contributed by atoms with Crippen molar-refractivity contribution in [1.82, 2.24) is 25.0 Å².